The molecule has 0 fully saturated rings. The molecule has 0 radical (unpaired) electrons. The molecule has 6 nitrogen and oxygen atoms in total. The van der Waals surface area contributed by atoms with Gasteiger partial charge in [0.05, 0.1) is 19.3 Å². The van der Waals surface area contributed by atoms with E-state index in [9.17, 15) is 0 Å². The third-order valence-corrected chi connectivity index (χ3v) is 2.03. The summed E-state index contributed by atoms with van der Waals surface area (Å²) < 4.78 is 6.65. The van der Waals surface area contributed by atoms with Crippen LogP contribution in [-0.2, 0) is 6.54 Å². The minimum Gasteiger partial charge on any atom is -0.497 e. The molecule has 0 aliphatic heterocycles. The lowest BCUT2D eigenvalue weighted by molar-refractivity contribution is 0.414. The Balaban J connectivity index is 0.00000128. The highest BCUT2D eigenvalue weighted by Crippen LogP contribution is 2.14. The van der Waals surface area contributed by atoms with Crippen molar-refractivity contribution in [1.82, 2.24) is 20.2 Å². The first-order chi connectivity index (χ1) is 7.35. The van der Waals surface area contributed by atoms with Crippen molar-refractivity contribution in [2.45, 2.75) is 6.54 Å². The zero-order valence-corrected chi connectivity index (χ0v) is 9.52. The minimum atomic E-state index is 0. The Morgan fingerprint density at radius 1 is 1.31 bits per heavy atom. The molecule has 2 aromatic rings. The van der Waals surface area contributed by atoms with Crippen LogP contribution in [0.25, 0.3) is 5.69 Å². The quantitative estimate of drug-likeness (QED) is 0.849. The zero-order valence-electron chi connectivity index (χ0n) is 8.70. The number of aromatic nitrogens is 4. The summed E-state index contributed by atoms with van der Waals surface area (Å²) in [6.45, 7) is 0.305. The number of hydrogen-bond donors (Lipinski definition) is 1. The van der Waals surface area contributed by atoms with Gasteiger partial charge in [0.25, 0.3) is 0 Å². The van der Waals surface area contributed by atoms with Crippen molar-refractivity contribution >= 4 is 12.4 Å². The van der Waals surface area contributed by atoms with E-state index in [0.717, 1.165) is 11.4 Å². The fourth-order valence-electron chi connectivity index (χ4n) is 1.26. The summed E-state index contributed by atoms with van der Waals surface area (Å²) in [5.74, 6) is 1.42. The average Bonchev–Trinajstić information content (AvgIpc) is 2.77. The Hall–Kier alpha value is -1.66. The van der Waals surface area contributed by atoms with Gasteiger partial charge in [0.1, 0.15) is 5.75 Å². The third-order valence-electron chi connectivity index (χ3n) is 2.03. The van der Waals surface area contributed by atoms with Crippen LogP contribution in [0.3, 0.4) is 0 Å². The highest BCUT2D eigenvalue weighted by atomic mass is 35.5. The molecular formula is C9H12ClN5O. The second kappa shape index (κ2) is 5.43. The van der Waals surface area contributed by atoms with Crippen molar-refractivity contribution in [1.29, 1.82) is 0 Å². The molecular weight excluding hydrogens is 230 g/mol. The van der Waals surface area contributed by atoms with Gasteiger partial charge in [-0.2, -0.15) is 4.68 Å². The van der Waals surface area contributed by atoms with Crippen LogP contribution in [0.15, 0.2) is 24.3 Å². The Kier molecular flexibility index (Phi) is 4.21. The van der Waals surface area contributed by atoms with Gasteiger partial charge in [-0.15, -0.1) is 17.5 Å². The molecule has 0 atom stereocenters. The van der Waals surface area contributed by atoms with E-state index in [1.807, 2.05) is 24.3 Å². The lowest BCUT2D eigenvalue weighted by Crippen LogP contribution is -2.07. The molecule has 2 rings (SSSR count). The Morgan fingerprint density at radius 2 is 2.00 bits per heavy atom. The number of hydrogen-bond acceptors (Lipinski definition) is 5. The third kappa shape index (κ3) is 2.29. The SMILES string of the molecule is COc1ccc(-n2nnnc2CN)cc1.Cl. The van der Waals surface area contributed by atoms with Crippen molar-refractivity contribution in [2.24, 2.45) is 5.73 Å². The van der Waals surface area contributed by atoms with Gasteiger partial charge in [0.2, 0.25) is 0 Å². The second-order valence-corrected chi connectivity index (χ2v) is 2.91. The van der Waals surface area contributed by atoms with Gasteiger partial charge >= 0.3 is 0 Å². The topological polar surface area (TPSA) is 78.8 Å². The molecule has 0 aliphatic rings. The maximum absolute atomic E-state index is 5.50. The average molecular weight is 242 g/mol. The van der Waals surface area contributed by atoms with Gasteiger partial charge < -0.3 is 10.5 Å². The summed E-state index contributed by atoms with van der Waals surface area (Å²) >= 11 is 0. The lowest BCUT2D eigenvalue weighted by atomic mass is 10.3. The molecule has 86 valence electrons. The van der Waals surface area contributed by atoms with Crippen molar-refractivity contribution in [3.63, 3.8) is 0 Å². The van der Waals surface area contributed by atoms with E-state index in [2.05, 4.69) is 15.5 Å². The molecule has 0 aliphatic carbocycles. The van der Waals surface area contributed by atoms with Crippen LogP contribution in [0.1, 0.15) is 5.82 Å². The van der Waals surface area contributed by atoms with Gasteiger partial charge in [-0.3, -0.25) is 0 Å². The van der Waals surface area contributed by atoms with Crippen molar-refractivity contribution in [3.8, 4) is 11.4 Å². The Bertz CT molecular complexity index is 441. The molecule has 0 bridgehead atoms. The van der Waals surface area contributed by atoms with Crippen LogP contribution in [0.2, 0.25) is 0 Å². The summed E-state index contributed by atoms with van der Waals surface area (Å²) in [6.07, 6.45) is 0. The Labute approximate surface area is 98.8 Å². The van der Waals surface area contributed by atoms with E-state index < -0.39 is 0 Å². The van der Waals surface area contributed by atoms with E-state index in [0.29, 0.717) is 12.4 Å². The Morgan fingerprint density at radius 3 is 2.56 bits per heavy atom. The monoisotopic (exact) mass is 241 g/mol. The van der Waals surface area contributed by atoms with Crippen LogP contribution in [0.5, 0.6) is 5.75 Å². The first kappa shape index (κ1) is 12.4. The molecule has 0 unspecified atom stereocenters. The fraction of sp³-hybridized carbons (Fsp3) is 0.222. The van der Waals surface area contributed by atoms with Crippen molar-refractivity contribution < 1.29 is 4.74 Å². The van der Waals surface area contributed by atoms with Gasteiger partial charge in [-0.1, -0.05) is 0 Å². The predicted octanol–water partition coefficient (Wildman–Crippen LogP) is 0.551. The number of nitrogens with zero attached hydrogens (tertiary/aromatic N) is 4. The highest BCUT2D eigenvalue weighted by molar-refractivity contribution is 5.85. The standard InChI is InChI=1S/C9H11N5O.ClH/c1-15-8-4-2-7(3-5-8)14-9(6-10)11-12-13-14;/h2-5H,6,10H2,1H3;1H. The molecule has 1 aromatic heterocycles. The molecule has 7 heteroatoms. The summed E-state index contributed by atoms with van der Waals surface area (Å²) in [7, 11) is 1.62. The number of benzene rings is 1. The number of tetrazole rings is 1. The number of halogens is 1. The van der Waals surface area contributed by atoms with Gasteiger partial charge in [-0.25, -0.2) is 0 Å². The minimum absolute atomic E-state index is 0. The summed E-state index contributed by atoms with van der Waals surface area (Å²) in [5, 5.41) is 11.2. The smallest absolute Gasteiger partial charge is 0.170 e. The summed E-state index contributed by atoms with van der Waals surface area (Å²) in [5.41, 5.74) is 6.36. The van der Waals surface area contributed by atoms with Crippen LogP contribution < -0.4 is 10.5 Å². The maximum Gasteiger partial charge on any atom is 0.170 e. The molecule has 2 N–H and O–H groups in total. The molecule has 0 saturated carbocycles. The van der Waals surface area contributed by atoms with Crippen LogP contribution >= 0.6 is 12.4 Å². The molecule has 1 aromatic carbocycles. The van der Waals surface area contributed by atoms with E-state index in [-0.39, 0.29) is 12.4 Å². The molecule has 0 amide bonds. The molecule has 0 spiro atoms. The number of ether oxygens (including phenoxy) is 1. The number of methoxy groups -OCH3 is 1. The van der Waals surface area contributed by atoms with Crippen molar-refractivity contribution in [2.75, 3.05) is 7.11 Å². The first-order valence-corrected chi connectivity index (χ1v) is 4.47. The summed E-state index contributed by atoms with van der Waals surface area (Å²) in [4.78, 5) is 0. The molecule has 16 heavy (non-hydrogen) atoms. The van der Waals surface area contributed by atoms with E-state index >= 15 is 0 Å². The van der Waals surface area contributed by atoms with Crippen LogP contribution in [0.4, 0.5) is 0 Å². The van der Waals surface area contributed by atoms with Crippen LogP contribution in [0, 0.1) is 0 Å². The van der Waals surface area contributed by atoms with E-state index in [4.69, 9.17) is 10.5 Å². The zero-order chi connectivity index (χ0) is 10.7. The number of rotatable bonds is 3. The van der Waals surface area contributed by atoms with Gasteiger partial charge in [0.15, 0.2) is 5.82 Å². The second-order valence-electron chi connectivity index (χ2n) is 2.91. The van der Waals surface area contributed by atoms with E-state index in [1.165, 1.54) is 0 Å². The first-order valence-electron chi connectivity index (χ1n) is 4.47. The van der Waals surface area contributed by atoms with E-state index in [1.54, 1.807) is 11.8 Å². The molecule has 1 heterocycles. The predicted molar refractivity (Wildman–Crippen MR) is 60.8 cm³/mol. The summed E-state index contributed by atoms with van der Waals surface area (Å²) in [6, 6.07) is 7.43. The largest absolute Gasteiger partial charge is 0.497 e. The normalized spacial score (nSPS) is 9.62. The fourth-order valence-corrected chi connectivity index (χ4v) is 1.26. The number of nitrogens with two attached hydrogens (primary N) is 1. The van der Waals surface area contributed by atoms with Gasteiger partial charge in [0, 0.05) is 0 Å². The van der Waals surface area contributed by atoms with Crippen LogP contribution in [-0.4, -0.2) is 27.3 Å². The maximum atomic E-state index is 5.50. The molecule has 0 saturated heterocycles. The lowest BCUT2D eigenvalue weighted by Gasteiger charge is -2.03. The van der Waals surface area contributed by atoms with Gasteiger partial charge in [-0.05, 0) is 34.7 Å². The highest BCUT2D eigenvalue weighted by Gasteiger charge is 2.05. The van der Waals surface area contributed by atoms with Crippen molar-refractivity contribution in [3.05, 3.63) is 30.1 Å².